The van der Waals surface area contributed by atoms with Crippen LogP contribution in [0.3, 0.4) is 0 Å². The second-order valence-electron chi connectivity index (χ2n) is 6.03. The van der Waals surface area contributed by atoms with Gasteiger partial charge in [0.2, 0.25) is 5.91 Å². The number of nitrogen functional groups attached to an aromatic ring is 1. The number of allylic oxidation sites excluding steroid dienone is 4. The van der Waals surface area contributed by atoms with Crippen LogP contribution in [0.2, 0.25) is 0 Å². The summed E-state index contributed by atoms with van der Waals surface area (Å²) < 4.78 is 15.5. The van der Waals surface area contributed by atoms with Crippen LogP contribution in [0.15, 0.2) is 41.8 Å². The molecule has 1 aliphatic rings. The van der Waals surface area contributed by atoms with Gasteiger partial charge in [0.25, 0.3) is 0 Å². The molecule has 6 heteroatoms. The number of carbonyl (C=O) groups excluding carboxylic acids is 1. The molecule has 0 fully saturated rings. The Morgan fingerprint density at radius 1 is 1.52 bits per heavy atom. The van der Waals surface area contributed by atoms with Crippen molar-refractivity contribution >= 4 is 39.9 Å². The van der Waals surface area contributed by atoms with Crippen molar-refractivity contribution in [2.45, 2.75) is 20.3 Å². The molecule has 0 aromatic heterocycles. The minimum Gasteiger partial charge on any atom is -0.398 e. The summed E-state index contributed by atoms with van der Waals surface area (Å²) in [5, 5.41) is 2.83. The van der Waals surface area contributed by atoms with E-state index in [0.29, 0.717) is 23.4 Å². The quantitative estimate of drug-likeness (QED) is 0.506. The highest BCUT2D eigenvalue weighted by atomic mass is 127. The monoisotopic (exact) mass is 429 g/mol. The first-order valence-corrected chi connectivity index (χ1v) is 8.47. The van der Waals surface area contributed by atoms with Crippen molar-refractivity contribution in [2.75, 3.05) is 17.6 Å². The maximum absolute atomic E-state index is 14.7. The topological polar surface area (TPSA) is 81.1 Å². The number of amides is 1. The second-order valence-corrected chi connectivity index (χ2v) is 7.20. The zero-order valence-electron chi connectivity index (χ0n) is 13.2. The molecule has 0 spiro atoms. The number of nitrogens with one attached hydrogen (secondary N) is 1. The van der Waals surface area contributed by atoms with Crippen LogP contribution in [0.25, 0.3) is 0 Å². The summed E-state index contributed by atoms with van der Waals surface area (Å²) in [6, 6.07) is 5.23. The molecular formula is C17H21FIN3O. The molecule has 4 nitrogen and oxygen atoms in total. The Morgan fingerprint density at radius 3 is 2.83 bits per heavy atom. The van der Waals surface area contributed by atoms with Crippen LogP contribution in [-0.2, 0) is 4.79 Å². The molecule has 2 atom stereocenters. The molecule has 1 aliphatic carbocycles. The Bertz CT molecular complexity index is 686. The molecule has 0 bridgehead atoms. The zero-order valence-corrected chi connectivity index (χ0v) is 15.4. The maximum atomic E-state index is 14.7. The maximum Gasteiger partial charge on any atom is 0.229 e. The molecule has 0 aliphatic heterocycles. The first-order chi connectivity index (χ1) is 10.8. The minimum atomic E-state index is -0.918. The first kappa shape index (κ1) is 17.9. The van der Waals surface area contributed by atoms with Gasteiger partial charge in [0.15, 0.2) is 0 Å². The van der Waals surface area contributed by atoms with Crippen molar-refractivity contribution in [3.63, 3.8) is 0 Å². The van der Waals surface area contributed by atoms with Crippen LogP contribution in [0.5, 0.6) is 0 Å². The van der Waals surface area contributed by atoms with E-state index in [1.807, 2.05) is 6.08 Å². The fraction of sp³-hybridized carbons (Fsp3) is 0.353. The molecule has 1 amide bonds. The molecule has 0 saturated carbocycles. The third-order valence-electron chi connectivity index (χ3n) is 4.35. The molecule has 2 unspecified atom stereocenters. The Morgan fingerprint density at radius 2 is 2.22 bits per heavy atom. The van der Waals surface area contributed by atoms with Crippen molar-refractivity contribution in [3.8, 4) is 0 Å². The third kappa shape index (κ3) is 3.58. The molecule has 1 aromatic rings. The lowest BCUT2D eigenvalue weighted by molar-refractivity contribution is -0.122. The third-order valence-corrected chi connectivity index (χ3v) is 5.28. The largest absolute Gasteiger partial charge is 0.398 e. The first-order valence-electron chi connectivity index (χ1n) is 7.39. The highest BCUT2D eigenvalue weighted by Crippen LogP contribution is 2.44. The highest BCUT2D eigenvalue weighted by molar-refractivity contribution is 14.1. The smallest absolute Gasteiger partial charge is 0.229 e. The molecule has 5 N–H and O–H groups in total. The van der Waals surface area contributed by atoms with Gasteiger partial charge in [-0.05, 0) is 59.7 Å². The number of nitrogens with two attached hydrogens (primary N) is 2. The van der Waals surface area contributed by atoms with Gasteiger partial charge in [0.1, 0.15) is 5.83 Å². The number of hydrogen-bond donors (Lipinski definition) is 3. The lowest BCUT2D eigenvalue weighted by Gasteiger charge is -2.36. The normalized spacial score (nSPS) is 22.1. The Hall–Kier alpha value is -1.41. The summed E-state index contributed by atoms with van der Waals surface area (Å²) in [5.74, 6) is -1.20. The van der Waals surface area contributed by atoms with Crippen LogP contribution < -0.4 is 16.8 Å². The van der Waals surface area contributed by atoms with Gasteiger partial charge in [-0.2, -0.15) is 0 Å². The van der Waals surface area contributed by atoms with Crippen LogP contribution >= 0.6 is 22.6 Å². The van der Waals surface area contributed by atoms with E-state index in [4.69, 9.17) is 11.5 Å². The lowest BCUT2D eigenvalue weighted by atomic mass is 9.70. The summed E-state index contributed by atoms with van der Waals surface area (Å²) in [5.41, 5.74) is 12.5. The zero-order chi connectivity index (χ0) is 17.2. The molecule has 124 valence electrons. The summed E-state index contributed by atoms with van der Waals surface area (Å²) in [4.78, 5) is 12.7. The van der Waals surface area contributed by atoms with Gasteiger partial charge < -0.3 is 16.8 Å². The number of hydrogen-bond acceptors (Lipinski definition) is 3. The molecule has 0 saturated heterocycles. The van der Waals surface area contributed by atoms with E-state index in [1.54, 1.807) is 38.1 Å². The van der Waals surface area contributed by atoms with E-state index >= 15 is 0 Å². The Balaban J connectivity index is 2.25. The van der Waals surface area contributed by atoms with Gasteiger partial charge in [-0.3, -0.25) is 4.79 Å². The number of rotatable bonds is 4. The highest BCUT2D eigenvalue weighted by Gasteiger charge is 2.43. The summed E-state index contributed by atoms with van der Waals surface area (Å²) in [6.07, 6.45) is 4.08. The fourth-order valence-corrected chi connectivity index (χ4v) is 3.39. The Labute approximate surface area is 149 Å². The molecular weight excluding hydrogens is 408 g/mol. The number of carbonyl (C=O) groups is 1. The van der Waals surface area contributed by atoms with Gasteiger partial charge in [-0.25, -0.2) is 4.39 Å². The molecule has 2 rings (SSSR count). The summed E-state index contributed by atoms with van der Waals surface area (Å²) >= 11 is 2.10. The van der Waals surface area contributed by atoms with Crippen molar-refractivity contribution in [3.05, 3.63) is 45.3 Å². The van der Waals surface area contributed by atoms with Crippen LogP contribution in [0.1, 0.15) is 20.3 Å². The van der Waals surface area contributed by atoms with E-state index < -0.39 is 11.3 Å². The van der Waals surface area contributed by atoms with Gasteiger partial charge >= 0.3 is 0 Å². The second kappa shape index (κ2) is 7.00. The summed E-state index contributed by atoms with van der Waals surface area (Å²) in [7, 11) is 0. The number of benzene rings is 1. The van der Waals surface area contributed by atoms with Crippen molar-refractivity contribution < 1.29 is 9.18 Å². The van der Waals surface area contributed by atoms with Gasteiger partial charge in [0.05, 0.1) is 5.92 Å². The SMILES string of the molecule is CC1=C(F)C(C)(C(CN)C(=O)Nc2ccc(N)c(I)c2)CC=C1. The lowest BCUT2D eigenvalue weighted by Crippen LogP contribution is -2.43. The van der Waals surface area contributed by atoms with E-state index in [1.165, 1.54) is 0 Å². The number of halogens is 2. The summed E-state index contributed by atoms with van der Waals surface area (Å²) in [6.45, 7) is 3.53. The predicted molar refractivity (Wildman–Crippen MR) is 100 cm³/mol. The van der Waals surface area contributed by atoms with E-state index in [2.05, 4.69) is 27.9 Å². The van der Waals surface area contributed by atoms with Crippen molar-refractivity contribution in [1.82, 2.24) is 0 Å². The molecule has 23 heavy (non-hydrogen) atoms. The van der Waals surface area contributed by atoms with E-state index in [0.717, 1.165) is 3.57 Å². The minimum absolute atomic E-state index is 0.0724. The van der Waals surface area contributed by atoms with Gasteiger partial charge in [-0.15, -0.1) is 0 Å². The van der Waals surface area contributed by atoms with Crippen LogP contribution in [0.4, 0.5) is 15.8 Å². The van der Waals surface area contributed by atoms with Crippen LogP contribution in [-0.4, -0.2) is 12.5 Å². The average molecular weight is 429 g/mol. The van der Waals surface area contributed by atoms with Gasteiger partial charge in [-0.1, -0.05) is 19.1 Å². The van der Waals surface area contributed by atoms with Crippen molar-refractivity contribution in [1.29, 1.82) is 0 Å². The average Bonchev–Trinajstić information content (AvgIpc) is 2.49. The molecule has 0 heterocycles. The van der Waals surface area contributed by atoms with Crippen LogP contribution in [0, 0.1) is 14.9 Å². The van der Waals surface area contributed by atoms with Gasteiger partial charge in [0, 0.05) is 26.9 Å². The van der Waals surface area contributed by atoms with Crippen molar-refractivity contribution in [2.24, 2.45) is 17.1 Å². The Kier molecular flexibility index (Phi) is 5.46. The molecule has 1 aromatic carbocycles. The van der Waals surface area contributed by atoms with E-state index in [9.17, 15) is 9.18 Å². The molecule has 0 radical (unpaired) electrons. The standard InChI is InChI=1S/C17H21FIN3O/c1-10-4-3-7-17(2,15(10)18)12(9-20)16(23)22-11-5-6-14(21)13(19)8-11/h3-6,8,12H,7,9,20-21H2,1-2H3,(H,22,23). The number of anilines is 2. The van der Waals surface area contributed by atoms with E-state index in [-0.39, 0.29) is 18.3 Å². The predicted octanol–water partition coefficient (Wildman–Crippen LogP) is 3.60. The fourth-order valence-electron chi connectivity index (χ4n) is 2.88.